The fourth-order valence-electron chi connectivity index (χ4n) is 3.16. The van der Waals surface area contributed by atoms with Gasteiger partial charge < -0.3 is 14.8 Å². The molecule has 0 saturated carbocycles. The van der Waals surface area contributed by atoms with E-state index in [4.69, 9.17) is 9.47 Å². The van der Waals surface area contributed by atoms with Crippen molar-refractivity contribution in [2.24, 2.45) is 0 Å². The van der Waals surface area contributed by atoms with Crippen LogP contribution in [0.25, 0.3) is 10.9 Å². The van der Waals surface area contributed by atoms with E-state index in [0.29, 0.717) is 30.5 Å². The van der Waals surface area contributed by atoms with E-state index >= 15 is 0 Å². The number of benzene rings is 2. The molecule has 0 fully saturated rings. The van der Waals surface area contributed by atoms with E-state index in [9.17, 15) is 9.18 Å². The van der Waals surface area contributed by atoms with E-state index in [0.717, 1.165) is 10.9 Å². The van der Waals surface area contributed by atoms with Crippen LogP contribution in [0.1, 0.15) is 10.5 Å². The van der Waals surface area contributed by atoms with Gasteiger partial charge in [-0.3, -0.25) is 9.78 Å². The molecule has 0 unspecified atom stereocenters. The molecule has 8 heteroatoms. The van der Waals surface area contributed by atoms with Crippen LogP contribution in [0.5, 0.6) is 17.4 Å². The Morgan fingerprint density at radius 3 is 2.90 bits per heavy atom. The van der Waals surface area contributed by atoms with Crippen molar-refractivity contribution in [2.45, 2.75) is 6.54 Å². The zero-order valence-corrected chi connectivity index (χ0v) is 15.1. The number of rotatable bonds is 4. The van der Waals surface area contributed by atoms with Gasteiger partial charge in [-0.1, -0.05) is 12.1 Å². The number of aromatic nitrogens is 3. The SMILES string of the molecule is O=C(Nc1ccc(Oc2ccnc3ccccc23)c(F)c1)c1cc2n(n1)CCO2. The maximum atomic E-state index is 14.6. The number of carbonyl (C=O) groups is 1. The predicted molar refractivity (Wildman–Crippen MR) is 104 cm³/mol. The molecule has 2 aromatic carbocycles. The third-order valence-corrected chi connectivity index (χ3v) is 4.55. The van der Waals surface area contributed by atoms with E-state index in [1.807, 2.05) is 24.3 Å². The Labute approximate surface area is 164 Å². The molecule has 3 heterocycles. The van der Waals surface area contributed by atoms with Crippen LogP contribution in [0.2, 0.25) is 0 Å². The standard InChI is InChI=1S/C21H15FN4O3/c22-15-11-13(24-21(27)17-12-20-26(25-17)9-10-28-20)5-6-19(15)29-18-7-8-23-16-4-2-1-3-14(16)18/h1-8,11-12H,9-10H2,(H,24,27). The number of anilines is 1. The van der Waals surface area contributed by atoms with Crippen LogP contribution in [0.4, 0.5) is 10.1 Å². The second kappa shape index (κ2) is 6.90. The van der Waals surface area contributed by atoms with Gasteiger partial charge in [-0.05, 0) is 30.3 Å². The predicted octanol–water partition coefficient (Wildman–Crippen LogP) is 4.01. The van der Waals surface area contributed by atoms with E-state index in [-0.39, 0.29) is 11.4 Å². The van der Waals surface area contributed by atoms with Crippen LogP contribution in [0, 0.1) is 5.82 Å². The summed E-state index contributed by atoms with van der Waals surface area (Å²) in [5.41, 5.74) is 1.27. The van der Waals surface area contributed by atoms with Crippen LogP contribution < -0.4 is 14.8 Å². The Bertz CT molecular complexity index is 1210. The minimum absolute atomic E-state index is 0.0497. The number of para-hydroxylation sites is 1. The van der Waals surface area contributed by atoms with Gasteiger partial charge in [-0.25, -0.2) is 9.07 Å². The van der Waals surface area contributed by atoms with Crippen molar-refractivity contribution in [1.29, 1.82) is 0 Å². The van der Waals surface area contributed by atoms with Gasteiger partial charge in [0.1, 0.15) is 12.4 Å². The van der Waals surface area contributed by atoms with Crippen molar-refractivity contribution < 1.29 is 18.7 Å². The molecule has 5 rings (SSSR count). The normalized spacial score (nSPS) is 12.4. The second-order valence-electron chi connectivity index (χ2n) is 6.47. The highest BCUT2D eigenvalue weighted by atomic mass is 19.1. The molecule has 2 aromatic heterocycles. The van der Waals surface area contributed by atoms with Gasteiger partial charge in [0.05, 0.1) is 12.1 Å². The molecule has 29 heavy (non-hydrogen) atoms. The van der Waals surface area contributed by atoms with Gasteiger partial charge in [0.15, 0.2) is 17.3 Å². The summed E-state index contributed by atoms with van der Waals surface area (Å²) in [6, 6.07) is 14.9. The molecule has 1 amide bonds. The lowest BCUT2D eigenvalue weighted by Crippen LogP contribution is -2.13. The average molecular weight is 390 g/mol. The van der Waals surface area contributed by atoms with Crippen LogP contribution in [0.15, 0.2) is 60.8 Å². The van der Waals surface area contributed by atoms with E-state index in [2.05, 4.69) is 15.4 Å². The summed E-state index contributed by atoms with van der Waals surface area (Å²) in [6.45, 7) is 1.15. The molecule has 0 spiro atoms. The number of nitrogens with zero attached hydrogens (tertiary/aromatic N) is 3. The largest absolute Gasteiger partial charge is 0.476 e. The number of halogens is 1. The zero-order valence-electron chi connectivity index (χ0n) is 15.1. The quantitative estimate of drug-likeness (QED) is 0.570. The Hall–Kier alpha value is -3.94. The van der Waals surface area contributed by atoms with Crippen molar-refractivity contribution in [1.82, 2.24) is 14.8 Å². The number of carbonyl (C=O) groups excluding carboxylic acids is 1. The minimum atomic E-state index is -0.598. The highest BCUT2D eigenvalue weighted by Crippen LogP contribution is 2.31. The van der Waals surface area contributed by atoms with Crippen LogP contribution in [-0.2, 0) is 6.54 Å². The summed E-state index contributed by atoms with van der Waals surface area (Å²) in [4.78, 5) is 16.6. The summed E-state index contributed by atoms with van der Waals surface area (Å²) in [7, 11) is 0. The molecule has 0 atom stereocenters. The summed E-state index contributed by atoms with van der Waals surface area (Å²) < 4.78 is 27.3. The molecule has 1 N–H and O–H groups in total. The number of hydrogen-bond acceptors (Lipinski definition) is 5. The van der Waals surface area contributed by atoms with Crippen LogP contribution in [-0.4, -0.2) is 27.3 Å². The second-order valence-corrected chi connectivity index (χ2v) is 6.47. The number of ether oxygens (including phenoxy) is 2. The maximum absolute atomic E-state index is 14.6. The van der Waals surface area contributed by atoms with Gasteiger partial charge in [0.2, 0.25) is 5.88 Å². The lowest BCUT2D eigenvalue weighted by Gasteiger charge is -2.10. The molecule has 0 radical (unpaired) electrons. The van der Waals surface area contributed by atoms with Crippen molar-refractivity contribution in [3.63, 3.8) is 0 Å². The van der Waals surface area contributed by atoms with Crippen LogP contribution in [0.3, 0.4) is 0 Å². The summed E-state index contributed by atoms with van der Waals surface area (Å²) in [5, 5.41) is 7.58. The maximum Gasteiger partial charge on any atom is 0.276 e. The summed E-state index contributed by atoms with van der Waals surface area (Å²) >= 11 is 0. The number of pyridine rings is 1. The van der Waals surface area contributed by atoms with Crippen molar-refractivity contribution in [3.05, 3.63) is 72.3 Å². The zero-order chi connectivity index (χ0) is 19.8. The molecule has 144 valence electrons. The van der Waals surface area contributed by atoms with Crippen molar-refractivity contribution in [2.75, 3.05) is 11.9 Å². The number of amides is 1. The first-order valence-corrected chi connectivity index (χ1v) is 9.00. The molecule has 0 saturated heterocycles. The third-order valence-electron chi connectivity index (χ3n) is 4.55. The van der Waals surface area contributed by atoms with Gasteiger partial charge >= 0.3 is 0 Å². The van der Waals surface area contributed by atoms with Gasteiger partial charge in [0.25, 0.3) is 5.91 Å². The highest BCUT2D eigenvalue weighted by Gasteiger charge is 2.19. The minimum Gasteiger partial charge on any atom is -0.476 e. The van der Waals surface area contributed by atoms with Crippen molar-refractivity contribution >= 4 is 22.5 Å². The van der Waals surface area contributed by atoms with Gasteiger partial charge in [-0.2, -0.15) is 5.10 Å². The smallest absolute Gasteiger partial charge is 0.276 e. The molecule has 0 bridgehead atoms. The lowest BCUT2D eigenvalue weighted by atomic mass is 10.2. The molecular weight excluding hydrogens is 375 g/mol. The molecule has 4 aromatic rings. The lowest BCUT2D eigenvalue weighted by molar-refractivity contribution is 0.102. The van der Waals surface area contributed by atoms with Gasteiger partial charge in [-0.15, -0.1) is 0 Å². The summed E-state index contributed by atoms with van der Waals surface area (Å²) in [5.74, 6) is 0.0604. The van der Waals surface area contributed by atoms with E-state index < -0.39 is 11.7 Å². The van der Waals surface area contributed by atoms with E-state index in [1.165, 1.54) is 12.1 Å². The fourth-order valence-corrected chi connectivity index (χ4v) is 3.16. The molecule has 1 aliphatic heterocycles. The van der Waals surface area contributed by atoms with Gasteiger partial charge in [0, 0.05) is 29.4 Å². The Morgan fingerprint density at radius 2 is 2.03 bits per heavy atom. The molecule has 1 aliphatic rings. The fraction of sp³-hybridized carbons (Fsp3) is 0.0952. The number of fused-ring (bicyclic) bond motifs is 2. The summed E-state index contributed by atoms with van der Waals surface area (Å²) in [6.07, 6.45) is 1.61. The Morgan fingerprint density at radius 1 is 1.14 bits per heavy atom. The average Bonchev–Trinajstić information content (AvgIpc) is 3.33. The number of nitrogens with one attached hydrogen (secondary N) is 1. The highest BCUT2D eigenvalue weighted by molar-refractivity contribution is 6.03. The molecule has 7 nitrogen and oxygen atoms in total. The topological polar surface area (TPSA) is 78.3 Å². The van der Waals surface area contributed by atoms with Crippen LogP contribution >= 0.6 is 0 Å². The monoisotopic (exact) mass is 390 g/mol. The molecular formula is C21H15FN4O3. The van der Waals surface area contributed by atoms with Crippen molar-refractivity contribution in [3.8, 4) is 17.4 Å². The Kier molecular flexibility index (Phi) is 4.09. The first-order valence-electron chi connectivity index (χ1n) is 9.00. The first-order chi connectivity index (χ1) is 14.2. The molecule has 0 aliphatic carbocycles. The first kappa shape index (κ1) is 17.2. The third kappa shape index (κ3) is 3.25. The number of hydrogen-bond donors (Lipinski definition) is 1. The Balaban J connectivity index is 1.35. The van der Waals surface area contributed by atoms with E-state index in [1.54, 1.807) is 29.1 Å².